The average Bonchev–Trinajstić information content (AvgIpc) is 2.83. The third-order valence-electron chi connectivity index (χ3n) is 3.26. The summed E-state index contributed by atoms with van der Waals surface area (Å²) in [7, 11) is 0. The van der Waals surface area contributed by atoms with Crippen LogP contribution in [0.5, 0.6) is 0 Å². The molecule has 0 aliphatic carbocycles. The van der Waals surface area contributed by atoms with Crippen LogP contribution in [0.15, 0.2) is 34.1 Å². The van der Waals surface area contributed by atoms with E-state index < -0.39 is 0 Å². The quantitative estimate of drug-likeness (QED) is 0.746. The molecular weight excluding hydrogens is 337 g/mol. The molecule has 0 aliphatic rings. The smallest absolute Gasteiger partial charge is 0.130 e. The largest absolute Gasteiger partial charge is 0.310 e. The van der Waals surface area contributed by atoms with Crippen LogP contribution < -0.4 is 5.32 Å². The summed E-state index contributed by atoms with van der Waals surface area (Å²) in [5.74, 6) is -0.0864. The first-order chi connectivity index (χ1) is 9.61. The number of rotatable bonds is 6. The standard InChI is InChI=1S/C16H19BrFNS/c1-3-7-19-15(9-13-8-12(17)10-20-13)14-6-4-5-11(2)16(14)18/h4-6,8,10,15,19H,3,7,9H2,1-2H3. The van der Waals surface area contributed by atoms with Crippen molar-refractivity contribution in [3.63, 3.8) is 0 Å². The molecule has 1 nitrogen and oxygen atoms in total. The van der Waals surface area contributed by atoms with E-state index in [2.05, 4.69) is 39.6 Å². The summed E-state index contributed by atoms with van der Waals surface area (Å²) in [6.45, 7) is 4.83. The fraction of sp³-hybridized carbons (Fsp3) is 0.375. The Kier molecular flexibility index (Phi) is 5.75. The van der Waals surface area contributed by atoms with E-state index in [9.17, 15) is 4.39 Å². The molecule has 0 saturated heterocycles. The number of benzene rings is 1. The zero-order chi connectivity index (χ0) is 14.5. The molecular formula is C16H19BrFNS. The maximum atomic E-state index is 14.3. The van der Waals surface area contributed by atoms with Crippen molar-refractivity contribution in [1.82, 2.24) is 5.32 Å². The van der Waals surface area contributed by atoms with E-state index in [0.29, 0.717) is 5.56 Å². The average molecular weight is 356 g/mol. The Balaban J connectivity index is 2.24. The van der Waals surface area contributed by atoms with Crippen molar-refractivity contribution >= 4 is 27.3 Å². The second-order valence-corrected chi connectivity index (χ2v) is 6.83. The Hall–Kier alpha value is -0.710. The highest BCUT2D eigenvalue weighted by Crippen LogP contribution is 2.27. The Bertz CT molecular complexity index is 567. The first kappa shape index (κ1) is 15.7. The van der Waals surface area contributed by atoms with Gasteiger partial charge in [0.05, 0.1) is 0 Å². The zero-order valence-corrected chi connectivity index (χ0v) is 14.2. The minimum Gasteiger partial charge on any atom is -0.310 e. The molecule has 4 heteroatoms. The predicted octanol–water partition coefficient (Wildman–Crippen LogP) is 5.24. The van der Waals surface area contributed by atoms with Gasteiger partial charge in [0.25, 0.3) is 0 Å². The van der Waals surface area contributed by atoms with Gasteiger partial charge in [0.1, 0.15) is 5.82 Å². The lowest BCUT2D eigenvalue weighted by Gasteiger charge is -2.19. The topological polar surface area (TPSA) is 12.0 Å². The first-order valence-electron chi connectivity index (χ1n) is 6.83. The van der Waals surface area contributed by atoms with Gasteiger partial charge in [-0.2, -0.15) is 0 Å². The minimum atomic E-state index is -0.0864. The summed E-state index contributed by atoms with van der Waals surface area (Å²) in [5, 5.41) is 5.53. The van der Waals surface area contributed by atoms with Crippen molar-refractivity contribution in [3.8, 4) is 0 Å². The van der Waals surface area contributed by atoms with E-state index in [4.69, 9.17) is 0 Å². The van der Waals surface area contributed by atoms with Gasteiger partial charge in [-0.15, -0.1) is 11.3 Å². The van der Waals surface area contributed by atoms with E-state index in [0.717, 1.165) is 29.4 Å². The third kappa shape index (κ3) is 3.90. The highest BCUT2D eigenvalue weighted by molar-refractivity contribution is 9.10. The van der Waals surface area contributed by atoms with E-state index in [1.54, 1.807) is 11.3 Å². The van der Waals surface area contributed by atoms with Crippen LogP contribution >= 0.6 is 27.3 Å². The van der Waals surface area contributed by atoms with Gasteiger partial charge in [0.15, 0.2) is 0 Å². The molecule has 0 aliphatic heterocycles. The monoisotopic (exact) mass is 355 g/mol. The van der Waals surface area contributed by atoms with Crippen molar-refractivity contribution in [2.24, 2.45) is 0 Å². The van der Waals surface area contributed by atoms with Gasteiger partial charge in [-0.1, -0.05) is 25.1 Å². The van der Waals surface area contributed by atoms with Gasteiger partial charge in [-0.25, -0.2) is 4.39 Å². The van der Waals surface area contributed by atoms with Gasteiger partial charge in [0.2, 0.25) is 0 Å². The van der Waals surface area contributed by atoms with E-state index in [1.165, 1.54) is 4.88 Å². The second kappa shape index (κ2) is 7.34. The molecule has 0 spiro atoms. The van der Waals surface area contributed by atoms with E-state index >= 15 is 0 Å². The Morgan fingerprint density at radius 2 is 2.20 bits per heavy atom. The number of nitrogens with one attached hydrogen (secondary N) is 1. The minimum absolute atomic E-state index is 0.0281. The summed E-state index contributed by atoms with van der Waals surface area (Å²) in [4.78, 5) is 1.26. The highest BCUT2D eigenvalue weighted by atomic mass is 79.9. The number of halogens is 2. The molecule has 1 aromatic heterocycles. The van der Waals surface area contributed by atoms with Crippen molar-refractivity contribution in [3.05, 3.63) is 55.9 Å². The lowest BCUT2D eigenvalue weighted by molar-refractivity contribution is 0.497. The van der Waals surface area contributed by atoms with Gasteiger partial charge in [-0.05, 0) is 47.4 Å². The van der Waals surface area contributed by atoms with Crippen LogP contribution in [-0.4, -0.2) is 6.54 Å². The fourth-order valence-corrected chi connectivity index (χ4v) is 3.71. The molecule has 2 aromatic rings. The molecule has 1 N–H and O–H groups in total. The van der Waals surface area contributed by atoms with Crippen LogP contribution in [0.3, 0.4) is 0 Å². The molecule has 0 radical (unpaired) electrons. The normalized spacial score (nSPS) is 12.6. The van der Waals surface area contributed by atoms with E-state index in [1.807, 2.05) is 25.1 Å². The molecule has 20 heavy (non-hydrogen) atoms. The molecule has 1 aromatic carbocycles. The van der Waals surface area contributed by atoms with Crippen LogP contribution in [0.2, 0.25) is 0 Å². The molecule has 1 atom stereocenters. The maximum absolute atomic E-state index is 14.3. The summed E-state index contributed by atoms with van der Waals surface area (Å²) >= 11 is 5.18. The van der Waals surface area contributed by atoms with Crippen LogP contribution in [0.1, 0.15) is 35.4 Å². The van der Waals surface area contributed by atoms with Crippen molar-refractivity contribution in [2.75, 3.05) is 6.54 Å². The molecule has 0 fully saturated rings. The van der Waals surface area contributed by atoms with Gasteiger partial charge >= 0.3 is 0 Å². The lowest BCUT2D eigenvalue weighted by atomic mass is 10.00. The molecule has 0 bridgehead atoms. The molecule has 1 unspecified atom stereocenters. The Morgan fingerprint density at radius 3 is 2.85 bits per heavy atom. The fourth-order valence-electron chi connectivity index (χ4n) is 2.21. The van der Waals surface area contributed by atoms with Gasteiger partial charge in [-0.3, -0.25) is 0 Å². The predicted molar refractivity (Wildman–Crippen MR) is 87.9 cm³/mol. The van der Waals surface area contributed by atoms with Crippen molar-refractivity contribution in [2.45, 2.75) is 32.7 Å². The van der Waals surface area contributed by atoms with Crippen LogP contribution in [0.4, 0.5) is 4.39 Å². The van der Waals surface area contributed by atoms with Crippen LogP contribution in [-0.2, 0) is 6.42 Å². The highest BCUT2D eigenvalue weighted by Gasteiger charge is 2.17. The first-order valence-corrected chi connectivity index (χ1v) is 8.50. The van der Waals surface area contributed by atoms with E-state index in [-0.39, 0.29) is 11.9 Å². The summed E-state index contributed by atoms with van der Waals surface area (Å²) < 4.78 is 15.4. The van der Waals surface area contributed by atoms with Gasteiger partial charge < -0.3 is 5.32 Å². The van der Waals surface area contributed by atoms with Crippen LogP contribution in [0, 0.1) is 12.7 Å². The molecule has 1 heterocycles. The number of aryl methyl sites for hydroxylation is 1. The molecule has 2 rings (SSSR count). The molecule has 108 valence electrons. The number of hydrogen-bond acceptors (Lipinski definition) is 2. The SMILES string of the molecule is CCCNC(Cc1cc(Br)cs1)c1cccc(C)c1F. The van der Waals surface area contributed by atoms with Gasteiger partial charge in [0, 0.05) is 32.8 Å². The summed E-state index contributed by atoms with van der Waals surface area (Å²) in [6.07, 6.45) is 1.86. The Morgan fingerprint density at radius 1 is 1.40 bits per heavy atom. The third-order valence-corrected chi connectivity index (χ3v) is 4.98. The van der Waals surface area contributed by atoms with Crippen LogP contribution in [0.25, 0.3) is 0 Å². The second-order valence-electron chi connectivity index (χ2n) is 4.92. The summed E-state index contributed by atoms with van der Waals surface area (Å²) in [5.41, 5.74) is 1.47. The lowest BCUT2D eigenvalue weighted by Crippen LogP contribution is -2.25. The number of hydrogen-bond donors (Lipinski definition) is 1. The summed E-state index contributed by atoms with van der Waals surface area (Å²) in [6, 6.07) is 7.77. The molecule has 0 amide bonds. The molecule has 0 saturated carbocycles. The number of thiophene rings is 1. The van der Waals surface area contributed by atoms with Crippen molar-refractivity contribution in [1.29, 1.82) is 0 Å². The zero-order valence-electron chi connectivity index (χ0n) is 11.7. The maximum Gasteiger partial charge on any atom is 0.130 e. The van der Waals surface area contributed by atoms with Crippen molar-refractivity contribution < 1.29 is 4.39 Å². The Labute approximate surface area is 132 Å².